The van der Waals surface area contributed by atoms with Crippen LogP contribution in [0.4, 0.5) is 4.39 Å². The van der Waals surface area contributed by atoms with Gasteiger partial charge >= 0.3 is 0 Å². The van der Waals surface area contributed by atoms with E-state index in [2.05, 4.69) is 20.9 Å². The van der Waals surface area contributed by atoms with E-state index in [0.717, 1.165) is 0 Å². The van der Waals surface area contributed by atoms with Crippen LogP contribution in [0.3, 0.4) is 0 Å². The number of hydrogen-bond donors (Lipinski definition) is 1. The second-order valence-electron chi connectivity index (χ2n) is 5.02. The van der Waals surface area contributed by atoms with Crippen molar-refractivity contribution in [1.29, 1.82) is 5.26 Å². The Kier molecular flexibility index (Phi) is 4.52. The van der Waals surface area contributed by atoms with Crippen molar-refractivity contribution in [3.8, 4) is 28.5 Å². The molecule has 0 radical (unpaired) electrons. The summed E-state index contributed by atoms with van der Waals surface area (Å²) in [5, 5.41) is 9.86. The number of aromatic nitrogens is 1. The number of rotatable bonds is 2. The highest BCUT2D eigenvalue weighted by Gasteiger charge is 2.16. The minimum atomic E-state index is -0.570. The van der Waals surface area contributed by atoms with Crippen molar-refractivity contribution in [1.82, 2.24) is 4.98 Å². The summed E-state index contributed by atoms with van der Waals surface area (Å²) in [5.74, 6) is -0.526. The first-order chi connectivity index (χ1) is 11.5. The lowest BCUT2D eigenvalue weighted by atomic mass is 9.98. The Hall–Kier alpha value is -2.42. The minimum Gasteiger partial charge on any atom is -0.321 e. The van der Waals surface area contributed by atoms with Gasteiger partial charge in [0.2, 0.25) is 0 Å². The van der Waals surface area contributed by atoms with E-state index in [1.165, 1.54) is 6.07 Å². The lowest BCUT2D eigenvalue weighted by Gasteiger charge is -2.10. The summed E-state index contributed by atoms with van der Waals surface area (Å²) in [5.41, 5.74) is 0.902. The summed E-state index contributed by atoms with van der Waals surface area (Å²) in [7, 11) is 0. The normalized spacial score (nSPS) is 10.4. The Morgan fingerprint density at radius 1 is 1.12 bits per heavy atom. The van der Waals surface area contributed by atoms with E-state index in [1.54, 1.807) is 42.5 Å². The highest BCUT2D eigenvalue weighted by Crippen LogP contribution is 2.31. The van der Waals surface area contributed by atoms with Crippen molar-refractivity contribution < 1.29 is 4.39 Å². The van der Waals surface area contributed by atoms with E-state index >= 15 is 0 Å². The lowest BCUT2D eigenvalue weighted by molar-refractivity contribution is 0.624. The highest BCUT2D eigenvalue weighted by atomic mass is 79.9. The monoisotopic (exact) mass is 402 g/mol. The van der Waals surface area contributed by atoms with Crippen LogP contribution in [0.1, 0.15) is 5.56 Å². The molecule has 6 heteroatoms. The molecule has 0 atom stereocenters. The minimum absolute atomic E-state index is 0.135. The molecule has 118 valence electrons. The maximum absolute atomic E-state index is 14.4. The lowest BCUT2D eigenvalue weighted by Crippen LogP contribution is -2.13. The maximum Gasteiger partial charge on any atom is 0.266 e. The number of nitrogens with one attached hydrogen (secondary N) is 1. The van der Waals surface area contributed by atoms with Gasteiger partial charge in [-0.25, -0.2) is 4.39 Å². The highest BCUT2D eigenvalue weighted by molar-refractivity contribution is 9.10. The second-order valence-corrected chi connectivity index (χ2v) is 6.31. The van der Waals surface area contributed by atoms with Crippen LogP contribution in [0, 0.1) is 17.1 Å². The third kappa shape index (κ3) is 2.99. The van der Waals surface area contributed by atoms with Gasteiger partial charge in [-0.05, 0) is 45.8 Å². The predicted molar refractivity (Wildman–Crippen MR) is 95.3 cm³/mol. The molecule has 1 aromatic heterocycles. The smallest absolute Gasteiger partial charge is 0.266 e. The number of pyridine rings is 1. The van der Waals surface area contributed by atoms with Crippen LogP contribution < -0.4 is 5.56 Å². The van der Waals surface area contributed by atoms with Crippen molar-refractivity contribution in [3.05, 3.63) is 79.8 Å². The fourth-order valence-corrected chi connectivity index (χ4v) is 2.87. The van der Waals surface area contributed by atoms with Crippen molar-refractivity contribution in [2.75, 3.05) is 0 Å². The molecule has 3 rings (SSSR count). The quantitative estimate of drug-likeness (QED) is 0.644. The number of nitrogens with zero attached hydrogens (tertiary/aromatic N) is 1. The zero-order chi connectivity index (χ0) is 17.3. The topological polar surface area (TPSA) is 56.6 Å². The molecule has 0 aliphatic carbocycles. The van der Waals surface area contributed by atoms with Gasteiger partial charge in [-0.2, -0.15) is 5.26 Å². The summed E-state index contributed by atoms with van der Waals surface area (Å²) < 4.78 is 14.7. The van der Waals surface area contributed by atoms with Crippen LogP contribution in [0.2, 0.25) is 5.02 Å². The van der Waals surface area contributed by atoms with Gasteiger partial charge < -0.3 is 4.98 Å². The fraction of sp³-hybridized carbons (Fsp3) is 0. The largest absolute Gasteiger partial charge is 0.321 e. The van der Waals surface area contributed by atoms with E-state index in [0.29, 0.717) is 16.3 Å². The number of H-pyrrole nitrogens is 1. The summed E-state index contributed by atoms with van der Waals surface area (Å²) >= 11 is 8.99. The average Bonchev–Trinajstić information content (AvgIpc) is 2.57. The van der Waals surface area contributed by atoms with E-state index in [1.807, 2.05) is 6.07 Å². The Morgan fingerprint density at radius 3 is 2.50 bits per heavy atom. The summed E-state index contributed by atoms with van der Waals surface area (Å²) in [4.78, 5) is 14.9. The summed E-state index contributed by atoms with van der Waals surface area (Å²) in [6, 6.07) is 15.0. The second kappa shape index (κ2) is 6.60. The molecule has 0 amide bonds. The zero-order valence-corrected chi connectivity index (χ0v) is 14.5. The van der Waals surface area contributed by atoms with Gasteiger partial charge in [0.25, 0.3) is 5.56 Å². The van der Waals surface area contributed by atoms with E-state index in [9.17, 15) is 14.4 Å². The van der Waals surface area contributed by atoms with Crippen molar-refractivity contribution >= 4 is 27.5 Å². The Labute approximate surface area is 150 Å². The molecule has 0 unspecified atom stereocenters. The summed E-state index contributed by atoms with van der Waals surface area (Å²) in [6.45, 7) is 0. The molecular formula is C18H9BrClFN2O. The third-order valence-corrected chi connectivity index (χ3v) is 4.41. The van der Waals surface area contributed by atoms with E-state index < -0.39 is 11.4 Å². The van der Waals surface area contributed by atoms with Gasteiger partial charge in [0.05, 0.1) is 4.47 Å². The van der Waals surface area contributed by atoms with Crippen LogP contribution in [-0.2, 0) is 0 Å². The summed E-state index contributed by atoms with van der Waals surface area (Å²) in [6.07, 6.45) is 0. The van der Waals surface area contributed by atoms with E-state index in [4.69, 9.17) is 11.6 Å². The predicted octanol–water partition coefficient (Wildman–Crippen LogP) is 5.14. The number of aromatic amines is 1. The molecule has 24 heavy (non-hydrogen) atoms. The first-order valence-electron chi connectivity index (χ1n) is 6.89. The van der Waals surface area contributed by atoms with E-state index in [-0.39, 0.29) is 21.2 Å². The van der Waals surface area contributed by atoms with Gasteiger partial charge in [0, 0.05) is 21.8 Å². The van der Waals surface area contributed by atoms with Crippen molar-refractivity contribution in [2.24, 2.45) is 0 Å². The van der Waals surface area contributed by atoms with Crippen LogP contribution in [-0.4, -0.2) is 4.98 Å². The molecule has 0 fully saturated rings. The van der Waals surface area contributed by atoms with Crippen LogP contribution in [0.5, 0.6) is 0 Å². The molecular weight excluding hydrogens is 395 g/mol. The molecule has 0 aliphatic heterocycles. The molecule has 1 heterocycles. The Morgan fingerprint density at radius 2 is 1.83 bits per heavy atom. The van der Waals surface area contributed by atoms with Crippen molar-refractivity contribution in [3.63, 3.8) is 0 Å². The Balaban J connectivity index is 2.29. The molecule has 3 aromatic rings. The van der Waals surface area contributed by atoms with Crippen LogP contribution in [0.15, 0.2) is 57.8 Å². The molecule has 0 saturated heterocycles. The molecule has 0 aliphatic rings. The number of nitriles is 1. The molecule has 1 N–H and O–H groups in total. The third-order valence-electron chi connectivity index (χ3n) is 3.54. The Bertz CT molecular complexity index is 1020. The first-order valence-corrected chi connectivity index (χ1v) is 8.06. The van der Waals surface area contributed by atoms with Gasteiger partial charge in [0.15, 0.2) is 0 Å². The standard InChI is InChI=1S/C18H9BrClFN2O/c19-15-3-1-2-12(17(15)21)13-8-16(23-18(24)14(13)9-22)10-4-6-11(20)7-5-10/h1-8H,(H,23,24). The zero-order valence-electron chi connectivity index (χ0n) is 12.1. The average molecular weight is 404 g/mol. The van der Waals surface area contributed by atoms with Crippen LogP contribution >= 0.6 is 27.5 Å². The molecule has 0 saturated carbocycles. The molecule has 0 bridgehead atoms. The first kappa shape index (κ1) is 16.4. The van der Waals surface area contributed by atoms with Crippen molar-refractivity contribution in [2.45, 2.75) is 0 Å². The molecule has 3 nitrogen and oxygen atoms in total. The molecule has 2 aromatic carbocycles. The number of halogens is 3. The fourth-order valence-electron chi connectivity index (χ4n) is 2.38. The van der Waals surface area contributed by atoms with Crippen LogP contribution in [0.25, 0.3) is 22.4 Å². The number of benzene rings is 2. The molecule has 0 spiro atoms. The van der Waals surface area contributed by atoms with Gasteiger partial charge in [-0.15, -0.1) is 0 Å². The SMILES string of the molecule is N#Cc1c(-c2cccc(Br)c2F)cc(-c2ccc(Cl)cc2)[nH]c1=O. The van der Waals surface area contributed by atoms with Gasteiger partial charge in [0.1, 0.15) is 17.4 Å². The van der Waals surface area contributed by atoms with Gasteiger partial charge in [-0.1, -0.05) is 35.9 Å². The van der Waals surface area contributed by atoms with Gasteiger partial charge in [-0.3, -0.25) is 4.79 Å². The maximum atomic E-state index is 14.4. The number of hydrogen-bond acceptors (Lipinski definition) is 2.